The number of halogens is 1. The molecule has 0 saturated heterocycles. The van der Waals surface area contributed by atoms with Gasteiger partial charge in [-0.3, -0.25) is 4.72 Å². The van der Waals surface area contributed by atoms with Crippen molar-refractivity contribution < 1.29 is 12.8 Å². The highest BCUT2D eigenvalue weighted by Gasteiger charge is 2.15. The molecule has 1 aromatic heterocycles. The second kappa shape index (κ2) is 5.04. The lowest BCUT2D eigenvalue weighted by Crippen LogP contribution is -2.14. The molecule has 0 amide bonds. The zero-order chi connectivity index (χ0) is 13.9. The molecule has 0 spiro atoms. The molecule has 0 aliphatic rings. The van der Waals surface area contributed by atoms with Crippen LogP contribution in [0.2, 0.25) is 0 Å². The van der Waals surface area contributed by atoms with Crippen LogP contribution in [0.1, 0.15) is 5.56 Å². The number of sulfonamides is 1. The number of rotatable bonds is 3. The fourth-order valence-corrected chi connectivity index (χ4v) is 2.42. The van der Waals surface area contributed by atoms with Crippen molar-refractivity contribution in [3.8, 4) is 6.07 Å². The van der Waals surface area contributed by atoms with Crippen LogP contribution < -0.4 is 4.72 Å². The van der Waals surface area contributed by atoms with E-state index in [1.165, 1.54) is 30.3 Å². The van der Waals surface area contributed by atoms with Crippen molar-refractivity contribution in [2.75, 3.05) is 4.72 Å². The summed E-state index contributed by atoms with van der Waals surface area (Å²) in [5.74, 6) is -0.557. The summed E-state index contributed by atoms with van der Waals surface area (Å²) in [6, 6.07) is 9.71. The van der Waals surface area contributed by atoms with Gasteiger partial charge in [0.1, 0.15) is 11.6 Å². The molecule has 0 radical (unpaired) electrons. The number of anilines is 1. The number of nitrogens with one attached hydrogen (secondary N) is 1. The zero-order valence-electron chi connectivity index (χ0n) is 9.54. The Hall–Kier alpha value is -2.46. The summed E-state index contributed by atoms with van der Waals surface area (Å²) < 4.78 is 38.9. The smallest absolute Gasteiger partial charge is 0.263 e. The number of hydrogen-bond donors (Lipinski definition) is 1. The maximum Gasteiger partial charge on any atom is 0.263 e. The third-order valence-corrected chi connectivity index (χ3v) is 3.59. The van der Waals surface area contributed by atoms with Crippen molar-refractivity contribution in [2.24, 2.45) is 0 Å². The van der Waals surface area contributed by atoms with Crippen LogP contribution in [0.4, 0.5) is 10.2 Å². The molecule has 96 valence electrons. The van der Waals surface area contributed by atoms with Crippen LogP contribution >= 0.6 is 0 Å². The van der Waals surface area contributed by atoms with Gasteiger partial charge in [-0.25, -0.2) is 17.8 Å². The van der Waals surface area contributed by atoms with Crippen molar-refractivity contribution in [2.45, 2.75) is 4.90 Å². The van der Waals surface area contributed by atoms with Crippen molar-refractivity contribution in [3.05, 3.63) is 54.0 Å². The molecular formula is C12H8FN3O2S. The van der Waals surface area contributed by atoms with Gasteiger partial charge in [0.2, 0.25) is 0 Å². The third-order valence-electron chi connectivity index (χ3n) is 2.24. The molecule has 19 heavy (non-hydrogen) atoms. The van der Waals surface area contributed by atoms with Crippen LogP contribution in [-0.4, -0.2) is 13.4 Å². The van der Waals surface area contributed by atoms with Gasteiger partial charge < -0.3 is 0 Å². The normalized spacial score (nSPS) is 10.7. The Balaban J connectivity index is 2.32. The van der Waals surface area contributed by atoms with E-state index in [-0.39, 0.29) is 16.3 Å². The van der Waals surface area contributed by atoms with E-state index in [1.807, 2.05) is 6.07 Å². The fraction of sp³-hybridized carbons (Fsp3) is 0. The monoisotopic (exact) mass is 277 g/mol. The molecule has 1 N–H and O–H groups in total. The highest BCUT2D eigenvalue weighted by Crippen LogP contribution is 2.15. The second-order valence-electron chi connectivity index (χ2n) is 3.61. The molecule has 0 fully saturated rings. The highest BCUT2D eigenvalue weighted by atomic mass is 32.2. The van der Waals surface area contributed by atoms with Crippen molar-refractivity contribution in [1.29, 1.82) is 5.26 Å². The molecule has 1 aromatic carbocycles. The molecule has 0 bridgehead atoms. The average molecular weight is 277 g/mol. The maximum atomic E-state index is 12.7. The highest BCUT2D eigenvalue weighted by molar-refractivity contribution is 7.92. The Morgan fingerprint density at radius 3 is 2.68 bits per heavy atom. The number of benzene rings is 1. The second-order valence-corrected chi connectivity index (χ2v) is 5.29. The summed E-state index contributed by atoms with van der Waals surface area (Å²) >= 11 is 0. The lowest BCUT2D eigenvalue weighted by molar-refractivity contribution is 0.600. The fourth-order valence-electron chi connectivity index (χ4n) is 1.37. The van der Waals surface area contributed by atoms with E-state index in [0.717, 1.165) is 12.3 Å². The number of hydrogen-bond acceptors (Lipinski definition) is 4. The zero-order valence-corrected chi connectivity index (χ0v) is 10.4. The molecule has 0 unspecified atom stereocenters. The molecule has 2 rings (SSSR count). The molecule has 5 nitrogen and oxygen atoms in total. The summed E-state index contributed by atoms with van der Waals surface area (Å²) in [5.41, 5.74) is 0.231. The van der Waals surface area contributed by atoms with Gasteiger partial charge in [-0.2, -0.15) is 5.26 Å². The van der Waals surface area contributed by atoms with Gasteiger partial charge in [0.15, 0.2) is 0 Å². The van der Waals surface area contributed by atoms with E-state index in [4.69, 9.17) is 5.26 Å². The van der Waals surface area contributed by atoms with Gasteiger partial charge in [-0.1, -0.05) is 6.07 Å². The summed E-state index contributed by atoms with van der Waals surface area (Å²) in [6.07, 6.45) is 0.906. The van der Waals surface area contributed by atoms with Gasteiger partial charge >= 0.3 is 0 Å². The largest absolute Gasteiger partial charge is 0.263 e. The van der Waals surface area contributed by atoms with Crippen molar-refractivity contribution in [1.82, 2.24) is 4.98 Å². The van der Waals surface area contributed by atoms with Crippen LogP contribution in [0.5, 0.6) is 0 Å². The number of pyridine rings is 1. The molecule has 0 saturated carbocycles. The lowest BCUT2D eigenvalue weighted by atomic mass is 10.2. The first-order valence-electron chi connectivity index (χ1n) is 5.16. The van der Waals surface area contributed by atoms with Crippen LogP contribution in [0.15, 0.2) is 47.5 Å². The maximum absolute atomic E-state index is 12.7. The molecular weight excluding hydrogens is 269 g/mol. The summed E-state index contributed by atoms with van der Waals surface area (Å²) in [7, 11) is -3.84. The minimum absolute atomic E-state index is 0.00348. The van der Waals surface area contributed by atoms with E-state index in [2.05, 4.69) is 9.71 Å². The summed E-state index contributed by atoms with van der Waals surface area (Å²) in [5, 5.41) is 8.73. The van der Waals surface area contributed by atoms with E-state index >= 15 is 0 Å². The van der Waals surface area contributed by atoms with Crippen LogP contribution in [0.25, 0.3) is 0 Å². The molecule has 0 aliphatic carbocycles. The Morgan fingerprint density at radius 1 is 1.26 bits per heavy atom. The predicted octanol–water partition coefficient (Wildman–Crippen LogP) is 1.89. The first-order chi connectivity index (χ1) is 9.01. The topological polar surface area (TPSA) is 82.8 Å². The van der Waals surface area contributed by atoms with Gasteiger partial charge in [0.25, 0.3) is 10.0 Å². The summed E-state index contributed by atoms with van der Waals surface area (Å²) in [6.45, 7) is 0. The first-order valence-corrected chi connectivity index (χ1v) is 6.64. The number of nitrogens with zero attached hydrogens (tertiary/aromatic N) is 2. The molecule has 0 atom stereocenters. The quantitative estimate of drug-likeness (QED) is 0.928. The van der Waals surface area contributed by atoms with Gasteiger partial charge in [0, 0.05) is 0 Å². The Morgan fingerprint density at radius 2 is 2.05 bits per heavy atom. The van der Waals surface area contributed by atoms with E-state index in [1.54, 1.807) is 0 Å². The van der Waals surface area contributed by atoms with Crippen molar-refractivity contribution >= 4 is 15.8 Å². The molecule has 7 heteroatoms. The molecule has 0 aliphatic heterocycles. The van der Waals surface area contributed by atoms with Crippen LogP contribution in [-0.2, 0) is 10.0 Å². The van der Waals surface area contributed by atoms with Crippen LogP contribution in [0, 0.1) is 17.1 Å². The predicted molar refractivity (Wildman–Crippen MR) is 66.2 cm³/mol. The third kappa shape index (κ3) is 3.05. The minimum atomic E-state index is -3.84. The Labute approximate surface area is 109 Å². The number of nitriles is 1. The lowest BCUT2D eigenvalue weighted by Gasteiger charge is -2.07. The first kappa shape index (κ1) is 13.0. The Kier molecular flexibility index (Phi) is 3.44. The molecule has 1 heterocycles. The molecule has 2 aromatic rings. The Bertz CT molecular complexity index is 736. The van der Waals surface area contributed by atoms with E-state index in [0.29, 0.717) is 0 Å². The van der Waals surface area contributed by atoms with E-state index in [9.17, 15) is 12.8 Å². The van der Waals surface area contributed by atoms with E-state index < -0.39 is 15.8 Å². The van der Waals surface area contributed by atoms with Gasteiger partial charge in [-0.15, -0.1) is 0 Å². The number of aromatic nitrogens is 1. The minimum Gasteiger partial charge on any atom is -0.263 e. The van der Waals surface area contributed by atoms with Gasteiger partial charge in [-0.05, 0) is 30.3 Å². The van der Waals surface area contributed by atoms with Gasteiger partial charge in [0.05, 0.1) is 22.7 Å². The summed E-state index contributed by atoms with van der Waals surface area (Å²) in [4.78, 5) is 3.54. The average Bonchev–Trinajstić information content (AvgIpc) is 2.41. The SMILES string of the molecule is N#Cc1cccc(S(=O)(=O)Nc2ccc(F)cn2)c1. The van der Waals surface area contributed by atoms with Crippen molar-refractivity contribution in [3.63, 3.8) is 0 Å². The van der Waals surface area contributed by atoms with Crippen LogP contribution in [0.3, 0.4) is 0 Å². The standard InChI is InChI=1S/C12H8FN3O2S/c13-10-4-5-12(15-8-10)16-19(17,18)11-3-1-2-9(6-11)7-14/h1-6,8H,(H,15,16).